The molecule has 2 heterocycles. The third-order valence-corrected chi connectivity index (χ3v) is 8.00. The van der Waals surface area contributed by atoms with Gasteiger partial charge in [0.15, 0.2) is 11.5 Å². The lowest BCUT2D eigenvalue weighted by Gasteiger charge is -2.25. The molecule has 0 N–H and O–H groups in total. The molecule has 0 radical (unpaired) electrons. The number of rotatable bonds is 6. The van der Waals surface area contributed by atoms with Crippen molar-refractivity contribution < 1.29 is 22.6 Å². The monoisotopic (exact) mass is 446 g/mol. The Kier molecular flexibility index (Phi) is 5.68. The van der Waals surface area contributed by atoms with Crippen LogP contribution in [-0.4, -0.2) is 45.6 Å². The van der Waals surface area contributed by atoms with Gasteiger partial charge in [-0.15, -0.1) is 11.3 Å². The summed E-state index contributed by atoms with van der Waals surface area (Å²) in [7, 11) is 0.965. The number of aromatic nitrogens is 1. The van der Waals surface area contributed by atoms with E-state index in [1.807, 2.05) is 24.3 Å². The molecule has 0 saturated heterocycles. The third-order valence-electron chi connectivity index (χ3n) is 5.03. The number of fused-ring (bicyclic) bond motifs is 1. The maximum absolute atomic E-state index is 13.2. The molecule has 0 aliphatic carbocycles. The van der Waals surface area contributed by atoms with Crippen molar-refractivity contribution in [2.45, 2.75) is 17.9 Å². The highest BCUT2D eigenvalue weighted by Crippen LogP contribution is 2.35. The summed E-state index contributed by atoms with van der Waals surface area (Å²) in [6.45, 7) is 0.690. The minimum absolute atomic E-state index is 0.184. The largest absolute Gasteiger partial charge is 0.497 e. The fourth-order valence-electron chi connectivity index (χ4n) is 3.36. The van der Waals surface area contributed by atoms with Crippen molar-refractivity contribution in [1.29, 1.82) is 0 Å². The molecule has 1 aliphatic heterocycles. The summed E-state index contributed by atoms with van der Waals surface area (Å²) in [5.41, 5.74) is 1.95. The summed E-state index contributed by atoms with van der Waals surface area (Å²) < 4.78 is 43.6. The van der Waals surface area contributed by atoms with Gasteiger partial charge in [-0.05, 0) is 36.4 Å². The van der Waals surface area contributed by atoms with Gasteiger partial charge in [-0.3, -0.25) is 0 Å². The van der Waals surface area contributed by atoms with Gasteiger partial charge in [-0.25, -0.2) is 13.4 Å². The molecule has 30 heavy (non-hydrogen) atoms. The third kappa shape index (κ3) is 3.76. The topological polar surface area (TPSA) is 78.0 Å². The maximum atomic E-state index is 13.2. The predicted molar refractivity (Wildman–Crippen MR) is 115 cm³/mol. The molecule has 0 unspecified atom stereocenters. The van der Waals surface area contributed by atoms with E-state index in [1.165, 1.54) is 35.9 Å². The van der Waals surface area contributed by atoms with Crippen LogP contribution in [0.4, 0.5) is 0 Å². The number of hydrogen-bond donors (Lipinski definition) is 0. The van der Waals surface area contributed by atoms with Crippen LogP contribution in [0.1, 0.15) is 10.6 Å². The first kappa shape index (κ1) is 20.6. The predicted octanol–water partition coefficient (Wildman–Crippen LogP) is 3.58. The molecule has 9 heteroatoms. The van der Waals surface area contributed by atoms with Crippen LogP contribution in [0, 0.1) is 0 Å². The second-order valence-electron chi connectivity index (χ2n) is 6.72. The van der Waals surface area contributed by atoms with Crippen molar-refractivity contribution in [3.63, 3.8) is 0 Å². The Bertz CT molecular complexity index is 1160. The van der Waals surface area contributed by atoms with Crippen LogP contribution in [0.25, 0.3) is 10.6 Å². The van der Waals surface area contributed by atoms with E-state index >= 15 is 0 Å². The lowest BCUT2D eigenvalue weighted by atomic mass is 10.2. The van der Waals surface area contributed by atoms with Crippen molar-refractivity contribution >= 4 is 21.4 Å². The Morgan fingerprint density at radius 3 is 2.37 bits per heavy atom. The van der Waals surface area contributed by atoms with Gasteiger partial charge in [0.1, 0.15) is 10.8 Å². The number of thiazole rings is 1. The van der Waals surface area contributed by atoms with Gasteiger partial charge in [-0.1, -0.05) is 0 Å². The summed E-state index contributed by atoms with van der Waals surface area (Å²) in [4.78, 5) is 5.89. The highest BCUT2D eigenvalue weighted by atomic mass is 32.2. The van der Waals surface area contributed by atoms with Crippen LogP contribution in [0.15, 0.2) is 47.4 Å². The first-order valence-electron chi connectivity index (χ1n) is 9.31. The molecule has 2 aromatic carbocycles. The summed E-state index contributed by atoms with van der Waals surface area (Å²) in [6, 6.07) is 12.4. The van der Waals surface area contributed by atoms with Crippen molar-refractivity contribution in [2.24, 2.45) is 0 Å². The van der Waals surface area contributed by atoms with E-state index in [2.05, 4.69) is 0 Å². The number of sulfonamides is 1. The zero-order valence-electron chi connectivity index (χ0n) is 16.9. The lowest BCUT2D eigenvalue weighted by molar-refractivity contribution is 0.353. The molecule has 7 nitrogen and oxygen atoms in total. The van der Waals surface area contributed by atoms with Gasteiger partial charge < -0.3 is 14.2 Å². The molecule has 1 aromatic heterocycles. The van der Waals surface area contributed by atoms with Crippen molar-refractivity contribution in [1.82, 2.24) is 9.29 Å². The van der Waals surface area contributed by atoms with E-state index in [0.29, 0.717) is 31.0 Å². The molecule has 0 spiro atoms. The Labute approximate surface area is 179 Å². The van der Waals surface area contributed by atoms with Gasteiger partial charge in [-0.2, -0.15) is 4.31 Å². The highest BCUT2D eigenvalue weighted by molar-refractivity contribution is 7.89. The molecule has 0 amide bonds. The quantitative estimate of drug-likeness (QED) is 0.576. The minimum atomic E-state index is -3.67. The number of benzene rings is 2. The number of nitrogens with zero attached hydrogens (tertiary/aromatic N) is 2. The van der Waals surface area contributed by atoms with Gasteiger partial charge in [0, 0.05) is 29.5 Å². The average molecular weight is 447 g/mol. The summed E-state index contributed by atoms with van der Waals surface area (Å²) in [5, 5.41) is 0.882. The molecule has 0 bridgehead atoms. The van der Waals surface area contributed by atoms with E-state index in [9.17, 15) is 8.42 Å². The van der Waals surface area contributed by atoms with Crippen molar-refractivity contribution in [2.75, 3.05) is 27.9 Å². The molecule has 0 fully saturated rings. The second-order valence-corrected chi connectivity index (χ2v) is 9.74. The lowest BCUT2D eigenvalue weighted by Crippen LogP contribution is -2.35. The molecule has 0 atom stereocenters. The highest BCUT2D eigenvalue weighted by Gasteiger charge is 2.31. The van der Waals surface area contributed by atoms with Gasteiger partial charge >= 0.3 is 0 Å². The molecule has 4 rings (SSSR count). The number of methoxy groups -OCH3 is 3. The van der Waals surface area contributed by atoms with Crippen LogP contribution >= 0.6 is 11.3 Å². The summed E-state index contributed by atoms with van der Waals surface area (Å²) in [6.07, 6.45) is 0.578. The fraction of sp³-hybridized carbons (Fsp3) is 0.286. The standard InChI is InChI=1S/C21H22N2O5S2/c1-26-15-6-4-14(5-7-15)21-22-17-10-11-23(13-20(17)29-21)30(24,25)16-8-9-18(27-2)19(12-16)28-3/h4-9,12H,10-11,13H2,1-3H3. The van der Waals surface area contributed by atoms with Crippen molar-refractivity contribution in [3.05, 3.63) is 53.0 Å². The molecular weight excluding hydrogens is 424 g/mol. The number of ether oxygens (including phenoxy) is 3. The fourth-order valence-corrected chi connectivity index (χ4v) is 6.00. The Morgan fingerprint density at radius 1 is 0.967 bits per heavy atom. The molecular formula is C21H22N2O5S2. The summed E-state index contributed by atoms with van der Waals surface area (Å²) in [5.74, 6) is 1.66. The minimum Gasteiger partial charge on any atom is -0.497 e. The van der Waals surface area contributed by atoms with E-state index in [-0.39, 0.29) is 4.90 Å². The second kappa shape index (κ2) is 8.25. The molecule has 1 aliphatic rings. The zero-order valence-corrected chi connectivity index (χ0v) is 18.5. The van der Waals surface area contributed by atoms with Gasteiger partial charge in [0.2, 0.25) is 10.0 Å². The molecule has 0 saturated carbocycles. The van der Waals surface area contributed by atoms with E-state index in [1.54, 1.807) is 19.2 Å². The number of hydrogen-bond acceptors (Lipinski definition) is 7. The normalized spacial score (nSPS) is 14.2. The van der Waals surface area contributed by atoms with Crippen molar-refractivity contribution in [3.8, 4) is 27.8 Å². The molecule has 3 aromatic rings. The smallest absolute Gasteiger partial charge is 0.243 e. The zero-order chi connectivity index (χ0) is 21.3. The van der Waals surface area contributed by atoms with Crippen LogP contribution in [-0.2, 0) is 23.0 Å². The van der Waals surface area contributed by atoms with Crippen LogP contribution in [0.3, 0.4) is 0 Å². The summed E-state index contributed by atoms with van der Waals surface area (Å²) >= 11 is 1.53. The Hall–Kier alpha value is -2.62. The van der Waals surface area contributed by atoms with E-state index < -0.39 is 10.0 Å². The first-order chi connectivity index (χ1) is 14.5. The first-order valence-corrected chi connectivity index (χ1v) is 11.6. The van der Waals surface area contributed by atoms with E-state index in [4.69, 9.17) is 19.2 Å². The van der Waals surface area contributed by atoms with E-state index in [0.717, 1.165) is 26.9 Å². The SMILES string of the molecule is COc1ccc(-c2nc3c(s2)CN(S(=O)(=O)c2ccc(OC)c(OC)c2)CC3)cc1. The van der Waals surface area contributed by atoms with Crippen LogP contribution < -0.4 is 14.2 Å². The Balaban J connectivity index is 1.60. The van der Waals surface area contributed by atoms with Gasteiger partial charge in [0.25, 0.3) is 0 Å². The maximum Gasteiger partial charge on any atom is 0.243 e. The average Bonchev–Trinajstić information content (AvgIpc) is 3.22. The van der Waals surface area contributed by atoms with Crippen LogP contribution in [0.2, 0.25) is 0 Å². The van der Waals surface area contributed by atoms with Crippen LogP contribution in [0.5, 0.6) is 17.2 Å². The Morgan fingerprint density at radius 2 is 1.70 bits per heavy atom. The molecule has 158 valence electrons. The van der Waals surface area contributed by atoms with Gasteiger partial charge in [0.05, 0.1) is 38.5 Å².